The van der Waals surface area contributed by atoms with E-state index in [9.17, 15) is 14.4 Å². The zero-order valence-corrected chi connectivity index (χ0v) is 18.6. The minimum absolute atomic E-state index is 0.204. The normalized spacial score (nSPS) is 15.2. The SMILES string of the molecule is Cc1nnc(-c2cc(Cl)ccc2F)cc1Nc1ccnc(NC(=O)C[N+]2([O-])CCOCC2)c1. The Kier molecular flexibility index (Phi) is 6.80. The van der Waals surface area contributed by atoms with E-state index in [2.05, 4.69) is 25.8 Å². The van der Waals surface area contributed by atoms with E-state index in [-0.39, 0.29) is 25.2 Å². The van der Waals surface area contributed by atoms with Gasteiger partial charge in [0.2, 0.25) is 0 Å². The lowest BCUT2D eigenvalue weighted by Gasteiger charge is -2.44. The molecule has 3 aromatic rings. The van der Waals surface area contributed by atoms with Crippen molar-refractivity contribution in [3.8, 4) is 11.3 Å². The van der Waals surface area contributed by atoms with Gasteiger partial charge in [-0.15, -0.1) is 0 Å². The van der Waals surface area contributed by atoms with Gasteiger partial charge in [-0.2, -0.15) is 10.2 Å². The van der Waals surface area contributed by atoms with Crippen LogP contribution in [0.5, 0.6) is 0 Å². The summed E-state index contributed by atoms with van der Waals surface area (Å²) in [7, 11) is 0. The predicted molar refractivity (Wildman–Crippen MR) is 122 cm³/mol. The standard InChI is InChI=1S/C22H22ClFN6O3/c1-14-19(12-20(29-28-14)17-10-15(23)2-3-18(17)24)26-16-4-5-25-21(11-16)27-22(31)13-30(32)6-8-33-9-7-30/h2-5,10-12H,6-9,13H2,1H3,(H2,25,26,27,29,31). The maximum Gasteiger partial charge on any atom is 0.281 e. The summed E-state index contributed by atoms with van der Waals surface area (Å²) >= 11 is 6.00. The molecule has 0 saturated carbocycles. The van der Waals surface area contributed by atoms with Gasteiger partial charge >= 0.3 is 0 Å². The van der Waals surface area contributed by atoms with E-state index in [1.165, 1.54) is 24.4 Å². The zero-order chi connectivity index (χ0) is 23.4. The Balaban J connectivity index is 1.49. The van der Waals surface area contributed by atoms with Crippen LogP contribution in [0.25, 0.3) is 11.3 Å². The first kappa shape index (κ1) is 23.0. The van der Waals surface area contributed by atoms with Crippen LogP contribution in [0.4, 0.5) is 21.6 Å². The highest BCUT2D eigenvalue weighted by atomic mass is 35.5. The number of aryl methyl sites for hydroxylation is 1. The van der Waals surface area contributed by atoms with Crippen LogP contribution in [0.15, 0.2) is 42.6 Å². The number of quaternary nitrogens is 1. The Morgan fingerprint density at radius 1 is 1.21 bits per heavy atom. The molecule has 9 nitrogen and oxygen atoms in total. The second-order valence-electron chi connectivity index (χ2n) is 7.73. The fraction of sp³-hybridized carbons (Fsp3) is 0.273. The maximum atomic E-state index is 14.3. The number of benzene rings is 1. The fourth-order valence-electron chi connectivity index (χ4n) is 3.41. The van der Waals surface area contributed by atoms with Crippen LogP contribution in [0.3, 0.4) is 0 Å². The molecule has 0 atom stereocenters. The van der Waals surface area contributed by atoms with E-state index in [1.54, 1.807) is 25.1 Å². The molecular formula is C22H22ClFN6O3. The number of halogens is 2. The number of carbonyl (C=O) groups is 1. The first-order valence-electron chi connectivity index (χ1n) is 10.3. The maximum absolute atomic E-state index is 14.3. The van der Waals surface area contributed by atoms with Crippen molar-refractivity contribution in [2.45, 2.75) is 6.92 Å². The Labute approximate surface area is 194 Å². The molecule has 1 aromatic carbocycles. The third-order valence-corrected chi connectivity index (χ3v) is 5.44. The summed E-state index contributed by atoms with van der Waals surface area (Å²) < 4.78 is 18.8. The number of hydrogen-bond acceptors (Lipinski definition) is 7. The molecule has 0 radical (unpaired) electrons. The summed E-state index contributed by atoms with van der Waals surface area (Å²) in [5, 5.41) is 27.0. The molecule has 2 N–H and O–H groups in total. The van der Waals surface area contributed by atoms with E-state index >= 15 is 0 Å². The Bertz CT molecular complexity index is 1170. The first-order valence-corrected chi connectivity index (χ1v) is 10.7. The highest BCUT2D eigenvalue weighted by Gasteiger charge is 2.24. The van der Waals surface area contributed by atoms with Gasteiger partial charge < -0.3 is 25.2 Å². The minimum atomic E-state index is -0.617. The largest absolute Gasteiger partial charge is 0.632 e. The van der Waals surface area contributed by atoms with Crippen molar-refractivity contribution in [2.24, 2.45) is 0 Å². The number of ether oxygens (including phenoxy) is 1. The van der Waals surface area contributed by atoms with Crippen LogP contribution in [-0.2, 0) is 9.53 Å². The Morgan fingerprint density at radius 2 is 2.00 bits per heavy atom. The molecule has 1 aliphatic rings. The van der Waals surface area contributed by atoms with Crippen LogP contribution < -0.4 is 10.6 Å². The molecule has 2 aromatic heterocycles. The van der Waals surface area contributed by atoms with E-state index in [0.717, 1.165) is 0 Å². The molecule has 0 unspecified atom stereocenters. The molecule has 11 heteroatoms. The number of amides is 1. The molecule has 0 aliphatic carbocycles. The van der Waals surface area contributed by atoms with Crippen molar-refractivity contribution in [3.05, 3.63) is 64.3 Å². The highest BCUT2D eigenvalue weighted by Crippen LogP contribution is 2.28. The predicted octanol–water partition coefficient (Wildman–Crippen LogP) is 3.67. The Morgan fingerprint density at radius 3 is 2.79 bits per heavy atom. The number of nitrogens with one attached hydrogen (secondary N) is 2. The number of aromatic nitrogens is 3. The smallest absolute Gasteiger partial charge is 0.281 e. The monoisotopic (exact) mass is 472 g/mol. The third-order valence-electron chi connectivity index (χ3n) is 5.21. The molecule has 1 saturated heterocycles. The van der Waals surface area contributed by atoms with Crippen molar-refractivity contribution < 1.29 is 18.6 Å². The van der Waals surface area contributed by atoms with E-state index in [0.29, 0.717) is 46.8 Å². The number of nitrogens with zero attached hydrogens (tertiary/aromatic N) is 4. The summed E-state index contributed by atoms with van der Waals surface area (Å²) in [6.07, 6.45) is 1.52. The molecule has 1 fully saturated rings. The van der Waals surface area contributed by atoms with Crippen molar-refractivity contribution in [2.75, 3.05) is 43.5 Å². The number of hydrogen-bond donors (Lipinski definition) is 2. The molecule has 4 rings (SSSR count). The molecule has 0 bridgehead atoms. The lowest BCUT2D eigenvalue weighted by molar-refractivity contribution is -0.880. The summed E-state index contributed by atoms with van der Waals surface area (Å²) in [5.41, 5.74) is 2.36. The van der Waals surface area contributed by atoms with Crippen LogP contribution in [0, 0.1) is 17.9 Å². The van der Waals surface area contributed by atoms with Crippen LogP contribution in [0.2, 0.25) is 5.02 Å². The van der Waals surface area contributed by atoms with E-state index in [1.807, 2.05) is 0 Å². The van der Waals surface area contributed by atoms with E-state index < -0.39 is 16.4 Å². The van der Waals surface area contributed by atoms with Crippen molar-refractivity contribution in [1.29, 1.82) is 0 Å². The van der Waals surface area contributed by atoms with Gasteiger partial charge in [-0.05, 0) is 37.3 Å². The quantitative estimate of drug-likeness (QED) is 0.416. The second kappa shape index (κ2) is 9.75. The summed E-state index contributed by atoms with van der Waals surface area (Å²) in [6.45, 7) is 2.73. The first-order chi connectivity index (χ1) is 15.8. The summed E-state index contributed by atoms with van der Waals surface area (Å²) in [6, 6.07) is 9.23. The number of anilines is 3. The molecular weight excluding hydrogens is 451 g/mol. The van der Waals surface area contributed by atoms with Gasteiger partial charge in [0, 0.05) is 28.5 Å². The van der Waals surface area contributed by atoms with Crippen molar-refractivity contribution in [3.63, 3.8) is 0 Å². The number of rotatable bonds is 6. The van der Waals surface area contributed by atoms with Crippen molar-refractivity contribution >= 4 is 34.7 Å². The van der Waals surface area contributed by atoms with Crippen LogP contribution in [0.1, 0.15) is 5.69 Å². The average Bonchev–Trinajstić information content (AvgIpc) is 2.77. The topological polar surface area (TPSA) is 112 Å². The Hall–Kier alpha value is -3.18. The van der Waals surface area contributed by atoms with Gasteiger partial charge in [0.15, 0.2) is 6.54 Å². The average molecular weight is 473 g/mol. The number of carbonyl (C=O) groups excluding carboxylic acids is 1. The summed E-state index contributed by atoms with van der Waals surface area (Å²) in [5.74, 6) is -0.584. The van der Waals surface area contributed by atoms with Crippen LogP contribution in [-0.4, -0.2) is 58.6 Å². The lowest BCUT2D eigenvalue weighted by atomic mass is 10.1. The fourth-order valence-corrected chi connectivity index (χ4v) is 3.59. The van der Waals surface area contributed by atoms with Gasteiger partial charge in [0.25, 0.3) is 5.91 Å². The second-order valence-corrected chi connectivity index (χ2v) is 8.17. The number of hydroxylamine groups is 3. The summed E-state index contributed by atoms with van der Waals surface area (Å²) in [4.78, 5) is 16.5. The zero-order valence-electron chi connectivity index (χ0n) is 17.8. The van der Waals surface area contributed by atoms with Crippen molar-refractivity contribution in [1.82, 2.24) is 15.2 Å². The number of morpholine rings is 1. The van der Waals surface area contributed by atoms with Gasteiger partial charge in [-0.3, -0.25) is 4.79 Å². The van der Waals surface area contributed by atoms with Gasteiger partial charge in [0.05, 0.1) is 30.3 Å². The molecule has 0 spiro atoms. The molecule has 1 aliphatic heterocycles. The minimum Gasteiger partial charge on any atom is -0.632 e. The molecule has 172 valence electrons. The molecule has 33 heavy (non-hydrogen) atoms. The molecule has 3 heterocycles. The van der Waals surface area contributed by atoms with Gasteiger partial charge in [-0.1, -0.05) is 11.6 Å². The highest BCUT2D eigenvalue weighted by molar-refractivity contribution is 6.30. The molecule has 1 amide bonds. The lowest BCUT2D eigenvalue weighted by Crippen LogP contribution is -2.53. The van der Waals surface area contributed by atoms with Gasteiger partial charge in [0.1, 0.15) is 24.7 Å². The van der Waals surface area contributed by atoms with Gasteiger partial charge in [-0.25, -0.2) is 9.37 Å². The van der Waals surface area contributed by atoms with Crippen LogP contribution >= 0.6 is 11.6 Å². The number of pyridine rings is 1. The van der Waals surface area contributed by atoms with E-state index in [4.69, 9.17) is 16.3 Å². The third kappa shape index (κ3) is 5.79.